The number of hydrogen-bond donors (Lipinski definition) is 0. The van der Waals surface area contributed by atoms with Crippen LogP contribution in [0, 0.1) is 0 Å². The maximum atomic E-state index is 6.55. The zero-order valence-corrected chi connectivity index (χ0v) is 24.8. The standard InChI is InChI=1S/C23H50O6Si2/c1-18(2)24-30(25-19(3)4,26-20(5)6)16-17-31(27-21(7,8)9,28-22(10,11)12)29-23(13,14)15/h16-20H,1-15H3. The second-order valence-electron chi connectivity index (χ2n) is 11.7. The molecule has 0 aromatic heterocycles. The van der Waals surface area contributed by atoms with Crippen molar-refractivity contribution < 1.29 is 26.6 Å². The summed E-state index contributed by atoms with van der Waals surface area (Å²) in [6, 6.07) is 0. The molecule has 0 fully saturated rings. The van der Waals surface area contributed by atoms with E-state index >= 15 is 0 Å². The lowest BCUT2D eigenvalue weighted by Crippen LogP contribution is -2.57. The summed E-state index contributed by atoms with van der Waals surface area (Å²) in [5, 5.41) is 0. The lowest BCUT2D eigenvalue weighted by atomic mass is 10.2. The Morgan fingerprint density at radius 2 is 0.677 bits per heavy atom. The molecule has 0 heterocycles. The smallest absolute Gasteiger partial charge is 0.368 e. The van der Waals surface area contributed by atoms with E-state index in [-0.39, 0.29) is 18.3 Å². The summed E-state index contributed by atoms with van der Waals surface area (Å²) in [4.78, 5) is 0. The molecule has 0 aliphatic heterocycles. The molecule has 0 atom stereocenters. The van der Waals surface area contributed by atoms with Crippen LogP contribution in [0.2, 0.25) is 0 Å². The second kappa shape index (κ2) is 11.4. The first kappa shape index (κ1) is 30.9. The minimum absolute atomic E-state index is 0.0690. The average Bonchev–Trinajstić information content (AvgIpc) is 2.36. The molecule has 31 heavy (non-hydrogen) atoms. The molecule has 0 spiro atoms. The van der Waals surface area contributed by atoms with Gasteiger partial charge in [0.1, 0.15) is 0 Å². The molecular formula is C23H50O6Si2. The van der Waals surface area contributed by atoms with Gasteiger partial charge in [0.25, 0.3) is 0 Å². The fourth-order valence-electron chi connectivity index (χ4n) is 2.84. The summed E-state index contributed by atoms with van der Waals surface area (Å²) in [7, 11) is -6.56. The van der Waals surface area contributed by atoms with Crippen LogP contribution in [0.15, 0.2) is 11.4 Å². The van der Waals surface area contributed by atoms with Crippen molar-refractivity contribution in [1.29, 1.82) is 0 Å². The summed E-state index contributed by atoms with van der Waals surface area (Å²) in [6.07, 6.45) is -0.207. The van der Waals surface area contributed by atoms with Gasteiger partial charge in [0, 0.05) is 18.3 Å². The van der Waals surface area contributed by atoms with Crippen LogP contribution in [0.5, 0.6) is 0 Å². The van der Waals surface area contributed by atoms with Crippen molar-refractivity contribution in [2.24, 2.45) is 0 Å². The third-order valence-electron chi connectivity index (χ3n) is 3.04. The van der Waals surface area contributed by atoms with E-state index in [1.807, 2.05) is 115 Å². The Kier molecular flexibility index (Phi) is 11.4. The van der Waals surface area contributed by atoms with Gasteiger partial charge in [0.2, 0.25) is 0 Å². The van der Waals surface area contributed by atoms with E-state index in [4.69, 9.17) is 26.6 Å². The third kappa shape index (κ3) is 14.6. The van der Waals surface area contributed by atoms with E-state index < -0.39 is 34.4 Å². The molecule has 0 radical (unpaired) electrons. The van der Waals surface area contributed by atoms with Crippen molar-refractivity contribution >= 4 is 17.6 Å². The van der Waals surface area contributed by atoms with Crippen LogP contribution in [-0.4, -0.2) is 52.7 Å². The first-order valence-corrected chi connectivity index (χ1v) is 15.0. The van der Waals surface area contributed by atoms with Crippen molar-refractivity contribution in [1.82, 2.24) is 0 Å². The maximum absolute atomic E-state index is 6.55. The lowest BCUT2D eigenvalue weighted by molar-refractivity contribution is -0.0669. The molecule has 0 saturated heterocycles. The van der Waals surface area contributed by atoms with Crippen LogP contribution in [0.25, 0.3) is 0 Å². The Labute approximate surface area is 194 Å². The Hall–Kier alpha value is -0.0662. The molecule has 6 nitrogen and oxygen atoms in total. The van der Waals surface area contributed by atoms with Gasteiger partial charge in [-0.15, -0.1) is 0 Å². The second-order valence-corrected chi connectivity index (χ2v) is 16.1. The van der Waals surface area contributed by atoms with Crippen molar-refractivity contribution in [3.63, 3.8) is 0 Å². The van der Waals surface area contributed by atoms with Crippen LogP contribution in [0.3, 0.4) is 0 Å². The van der Waals surface area contributed by atoms with Crippen molar-refractivity contribution in [2.75, 3.05) is 0 Å². The van der Waals surface area contributed by atoms with Crippen LogP contribution < -0.4 is 0 Å². The maximum Gasteiger partial charge on any atom is 0.530 e. The summed E-state index contributed by atoms with van der Waals surface area (Å²) in [6.45, 7) is 29.9. The Morgan fingerprint density at radius 1 is 0.452 bits per heavy atom. The molecular weight excluding hydrogens is 428 g/mol. The average molecular weight is 479 g/mol. The summed E-state index contributed by atoms with van der Waals surface area (Å²) >= 11 is 0. The zero-order valence-electron chi connectivity index (χ0n) is 22.8. The van der Waals surface area contributed by atoms with Gasteiger partial charge in [-0.3, -0.25) is 0 Å². The molecule has 0 amide bonds. The predicted octanol–water partition coefficient (Wildman–Crippen LogP) is 6.22. The van der Waals surface area contributed by atoms with E-state index in [1.54, 1.807) is 0 Å². The van der Waals surface area contributed by atoms with Gasteiger partial charge >= 0.3 is 17.6 Å². The van der Waals surface area contributed by atoms with E-state index in [1.165, 1.54) is 0 Å². The molecule has 0 aromatic carbocycles. The van der Waals surface area contributed by atoms with Gasteiger partial charge in [0.15, 0.2) is 0 Å². The first-order chi connectivity index (χ1) is 13.6. The normalized spacial score (nSPS) is 15.2. The highest BCUT2D eigenvalue weighted by Crippen LogP contribution is 2.31. The highest BCUT2D eigenvalue weighted by atomic mass is 28.4. The lowest BCUT2D eigenvalue weighted by Gasteiger charge is -2.42. The van der Waals surface area contributed by atoms with Gasteiger partial charge < -0.3 is 26.6 Å². The van der Waals surface area contributed by atoms with Crippen molar-refractivity contribution in [2.45, 2.75) is 139 Å². The summed E-state index contributed by atoms with van der Waals surface area (Å²) < 4.78 is 38.6. The predicted molar refractivity (Wildman–Crippen MR) is 132 cm³/mol. The quantitative estimate of drug-likeness (QED) is 0.329. The molecule has 186 valence electrons. The molecule has 0 unspecified atom stereocenters. The van der Waals surface area contributed by atoms with Crippen LogP contribution in [-0.2, 0) is 26.6 Å². The van der Waals surface area contributed by atoms with E-state index in [9.17, 15) is 0 Å². The zero-order chi connectivity index (χ0) is 24.9. The third-order valence-corrected chi connectivity index (χ3v) is 9.61. The fraction of sp³-hybridized carbons (Fsp3) is 0.913. The first-order valence-electron chi connectivity index (χ1n) is 11.4. The van der Waals surface area contributed by atoms with Crippen LogP contribution in [0.1, 0.15) is 104 Å². The molecule has 0 aliphatic carbocycles. The van der Waals surface area contributed by atoms with Gasteiger partial charge in [0.05, 0.1) is 16.8 Å². The van der Waals surface area contributed by atoms with Crippen LogP contribution >= 0.6 is 0 Å². The molecule has 0 rings (SSSR count). The topological polar surface area (TPSA) is 55.4 Å². The van der Waals surface area contributed by atoms with Gasteiger partial charge in [-0.1, -0.05) is 0 Å². The minimum atomic E-state index is -3.35. The molecule has 0 bridgehead atoms. The van der Waals surface area contributed by atoms with E-state index in [0.29, 0.717) is 0 Å². The molecule has 8 heteroatoms. The van der Waals surface area contributed by atoms with Gasteiger partial charge in [-0.25, -0.2) is 0 Å². The highest BCUT2D eigenvalue weighted by molar-refractivity contribution is 6.72. The SMILES string of the molecule is CC(C)O[Si](C=C[Si](OC(C)(C)C)(OC(C)(C)C)OC(C)(C)C)(OC(C)C)OC(C)C. The largest absolute Gasteiger partial charge is 0.530 e. The van der Waals surface area contributed by atoms with E-state index in [2.05, 4.69) is 0 Å². The Balaban J connectivity index is 6.64. The van der Waals surface area contributed by atoms with Gasteiger partial charge in [-0.05, 0) is 115 Å². The molecule has 0 aliphatic rings. The summed E-state index contributed by atoms with van der Waals surface area (Å²) in [5.74, 6) is 0. The number of rotatable bonds is 11. The molecule has 0 saturated carbocycles. The summed E-state index contributed by atoms with van der Waals surface area (Å²) in [5.41, 5.74) is 2.38. The van der Waals surface area contributed by atoms with Crippen LogP contribution in [0.4, 0.5) is 0 Å². The molecule has 0 aromatic rings. The minimum Gasteiger partial charge on any atom is -0.368 e. The Bertz CT molecular complexity index is 487. The Morgan fingerprint density at radius 3 is 0.871 bits per heavy atom. The fourth-order valence-corrected chi connectivity index (χ4v) is 9.73. The highest BCUT2D eigenvalue weighted by Gasteiger charge is 2.51. The monoisotopic (exact) mass is 478 g/mol. The van der Waals surface area contributed by atoms with Crippen molar-refractivity contribution in [3.05, 3.63) is 11.4 Å². The van der Waals surface area contributed by atoms with Gasteiger partial charge in [-0.2, -0.15) is 0 Å². The van der Waals surface area contributed by atoms with Crippen molar-refractivity contribution in [3.8, 4) is 0 Å². The molecule has 0 N–H and O–H groups in total. The van der Waals surface area contributed by atoms with E-state index in [0.717, 1.165) is 0 Å². The number of hydrogen-bond acceptors (Lipinski definition) is 6.